The Hall–Kier alpha value is -2.02. The minimum Gasteiger partial charge on any atom is -0.481 e. The predicted octanol–water partition coefficient (Wildman–Crippen LogP) is 4.45. The van der Waals surface area contributed by atoms with E-state index in [1.807, 2.05) is 18.2 Å². The Morgan fingerprint density at radius 3 is 2.39 bits per heavy atom. The molecule has 0 saturated carbocycles. The highest BCUT2D eigenvalue weighted by Crippen LogP contribution is 2.34. The standard InChI is InChI=1S/C17H16O/c1-12-6-5-7-13(2)17(12)16-11-10-14-8-3-4-9-15(14)18-16/h3-11,16H,1-2H3. The zero-order valence-corrected chi connectivity index (χ0v) is 10.7. The molecule has 0 N–H and O–H groups in total. The second-order valence-corrected chi connectivity index (χ2v) is 4.74. The number of aryl methyl sites for hydroxylation is 2. The summed E-state index contributed by atoms with van der Waals surface area (Å²) >= 11 is 0. The first kappa shape index (κ1) is 11.1. The quantitative estimate of drug-likeness (QED) is 0.710. The van der Waals surface area contributed by atoms with Crippen molar-refractivity contribution < 1.29 is 4.74 Å². The number of benzene rings is 2. The highest BCUT2D eigenvalue weighted by Gasteiger charge is 2.19. The van der Waals surface area contributed by atoms with E-state index < -0.39 is 0 Å². The van der Waals surface area contributed by atoms with Crippen LogP contribution in [0.15, 0.2) is 48.5 Å². The maximum atomic E-state index is 6.09. The van der Waals surface area contributed by atoms with E-state index in [1.54, 1.807) is 0 Å². The van der Waals surface area contributed by atoms with Crippen LogP contribution >= 0.6 is 0 Å². The molecule has 2 aromatic carbocycles. The smallest absolute Gasteiger partial charge is 0.143 e. The second kappa shape index (κ2) is 4.34. The summed E-state index contributed by atoms with van der Waals surface area (Å²) in [4.78, 5) is 0. The van der Waals surface area contributed by atoms with Crippen molar-refractivity contribution in [3.05, 3.63) is 70.8 Å². The highest BCUT2D eigenvalue weighted by atomic mass is 16.5. The maximum absolute atomic E-state index is 6.09. The van der Waals surface area contributed by atoms with Gasteiger partial charge in [-0.15, -0.1) is 0 Å². The van der Waals surface area contributed by atoms with E-state index in [1.165, 1.54) is 16.7 Å². The predicted molar refractivity (Wildman–Crippen MR) is 74.8 cm³/mol. The van der Waals surface area contributed by atoms with Gasteiger partial charge in [0.25, 0.3) is 0 Å². The third kappa shape index (κ3) is 1.82. The molecule has 3 rings (SSSR count). The van der Waals surface area contributed by atoms with Crippen LogP contribution in [0.2, 0.25) is 0 Å². The molecule has 0 amide bonds. The van der Waals surface area contributed by atoms with Gasteiger partial charge in [-0.25, -0.2) is 0 Å². The second-order valence-electron chi connectivity index (χ2n) is 4.74. The van der Waals surface area contributed by atoms with Crippen LogP contribution in [0.5, 0.6) is 5.75 Å². The van der Waals surface area contributed by atoms with E-state index in [0.29, 0.717) is 0 Å². The third-order valence-electron chi connectivity index (χ3n) is 3.45. The van der Waals surface area contributed by atoms with E-state index in [9.17, 15) is 0 Å². The molecule has 0 bridgehead atoms. The largest absolute Gasteiger partial charge is 0.481 e. The molecule has 0 aromatic heterocycles. The molecule has 1 unspecified atom stereocenters. The summed E-state index contributed by atoms with van der Waals surface area (Å²) in [6.45, 7) is 4.28. The lowest BCUT2D eigenvalue weighted by Crippen LogP contribution is -2.11. The zero-order chi connectivity index (χ0) is 12.5. The monoisotopic (exact) mass is 236 g/mol. The van der Waals surface area contributed by atoms with Gasteiger partial charge in [0.05, 0.1) is 0 Å². The van der Waals surface area contributed by atoms with E-state index in [4.69, 9.17) is 4.74 Å². The fraction of sp³-hybridized carbons (Fsp3) is 0.176. The molecule has 0 spiro atoms. The minimum absolute atomic E-state index is 0.0288. The molecule has 90 valence electrons. The molecule has 1 atom stereocenters. The normalized spacial score (nSPS) is 17.1. The van der Waals surface area contributed by atoms with Gasteiger partial charge in [0.15, 0.2) is 0 Å². The van der Waals surface area contributed by atoms with Crippen LogP contribution in [-0.4, -0.2) is 0 Å². The number of rotatable bonds is 1. The SMILES string of the molecule is Cc1cccc(C)c1C1C=Cc2ccccc2O1. The topological polar surface area (TPSA) is 9.23 Å². The Morgan fingerprint density at radius 1 is 0.889 bits per heavy atom. The summed E-state index contributed by atoms with van der Waals surface area (Å²) in [6.07, 6.45) is 4.31. The number of hydrogen-bond acceptors (Lipinski definition) is 1. The molecular formula is C17H16O. The van der Waals surface area contributed by atoms with Crippen LogP contribution in [0.4, 0.5) is 0 Å². The molecule has 1 nitrogen and oxygen atoms in total. The van der Waals surface area contributed by atoms with Gasteiger partial charge in [-0.2, -0.15) is 0 Å². The average molecular weight is 236 g/mol. The third-order valence-corrected chi connectivity index (χ3v) is 3.45. The molecule has 0 radical (unpaired) electrons. The van der Waals surface area contributed by atoms with Crippen molar-refractivity contribution in [2.75, 3.05) is 0 Å². The zero-order valence-electron chi connectivity index (χ0n) is 10.7. The Balaban J connectivity index is 2.02. The molecule has 1 aliphatic heterocycles. The number of ether oxygens (including phenoxy) is 1. The van der Waals surface area contributed by atoms with Gasteiger partial charge >= 0.3 is 0 Å². The Labute approximate surface area is 108 Å². The van der Waals surface area contributed by atoms with Crippen LogP contribution in [0, 0.1) is 13.8 Å². The van der Waals surface area contributed by atoms with E-state index >= 15 is 0 Å². The van der Waals surface area contributed by atoms with Crippen molar-refractivity contribution in [3.8, 4) is 5.75 Å². The summed E-state index contributed by atoms with van der Waals surface area (Å²) in [5.41, 5.74) is 5.00. The van der Waals surface area contributed by atoms with Crippen LogP contribution < -0.4 is 4.74 Å². The molecule has 0 fully saturated rings. The van der Waals surface area contributed by atoms with E-state index in [-0.39, 0.29) is 6.10 Å². The fourth-order valence-electron chi connectivity index (χ4n) is 2.52. The first-order valence-corrected chi connectivity index (χ1v) is 6.26. The Morgan fingerprint density at radius 2 is 1.61 bits per heavy atom. The first-order valence-electron chi connectivity index (χ1n) is 6.26. The lowest BCUT2D eigenvalue weighted by atomic mass is 9.96. The summed E-state index contributed by atoms with van der Waals surface area (Å²) in [5, 5.41) is 0. The molecule has 0 aliphatic carbocycles. The van der Waals surface area contributed by atoms with Crippen molar-refractivity contribution in [2.45, 2.75) is 20.0 Å². The molecule has 0 saturated heterocycles. The number of fused-ring (bicyclic) bond motifs is 1. The van der Waals surface area contributed by atoms with Crippen molar-refractivity contribution in [2.24, 2.45) is 0 Å². The van der Waals surface area contributed by atoms with Gasteiger partial charge in [0.2, 0.25) is 0 Å². The van der Waals surface area contributed by atoms with E-state index in [0.717, 1.165) is 11.3 Å². The van der Waals surface area contributed by atoms with Crippen LogP contribution in [0.25, 0.3) is 6.08 Å². The lowest BCUT2D eigenvalue weighted by Gasteiger charge is -2.24. The van der Waals surface area contributed by atoms with Crippen LogP contribution in [0.1, 0.15) is 28.4 Å². The summed E-state index contributed by atoms with van der Waals surface area (Å²) in [6, 6.07) is 14.5. The molecule has 1 aliphatic rings. The van der Waals surface area contributed by atoms with Gasteiger partial charge in [0.1, 0.15) is 11.9 Å². The van der Waals surface area contributed by atoms with Crippen LogP contribution in [0.3, 0.4) is 0 Å². The van der Waals surface area contributed by atoms with Gasteiger partial charge in [-0.1, -0.05) is 42.5 Å². The van der Waals surface area contributed by atoms with Gasteiger partial charge in [-0.3, -0.25) is 0 Å². The first-order chi connectivity index (χ1) is 8.75. The van der Waals surface area contributed by atoms with Gasteiger partial charge < -0.3 is 4.74 Å². The van der Waals surface area contributed by atoms with Gasteiger partial charge in [0, 0.05) is 11.1 Å². The molecular weight excluding hydrogens is 220 g/mol. The summed E-state index contributed by atoms with van der Waals surface area (Å²) < 4.78 is 6.09. The molecule has 1 heterocycles. The number of para-hydroxylation sites is 1. The lowest BCUT2D eigenvalue weighted by molar-refractivity contribution is 0.250. The van der Waals surface area contributed by atoms with Crippen molar-refractivity contribution >= 4 is 6.08 Å². The van der Waals surface area contributed by atoms with Gasteiger partial charge in [-0.05, 0) is 37.1 Å². The maximum Gasteiger partial charge on any atom is 0.143 e. The Kier molecular flexibility index (Phi) is 2.67. The Bertz CT molecular complexity index is 591. The van der Waals surface area contributed by atoms with Crippen LogP contribution in [-0.2, 0) is 0 Å². The molecule has 18 heavy (non-hydrogen) atoms. The van der Waals surface area contributed by atoms with Crippen molar-refractivity contribution in [1.82, 2.24) is 0 Å². The molecule has 1 heteroatoms. The number of hydrogen-bond donors (Lipinski definition) is 0. The highest BCUT2D eigenvalue weighted by molar-refractivity contribution is 5.61. The summed E-state index contributed by atoms with van der Waals surface area (Å²) in [5.74, 6) is 0.965. The minimum atomic E-state index is 0.0288. The molecule has 2 aromatic rings. The van der Waals surface area contributed by atoms with E-state index in [2.05, 4.69) is 50.3 Å². The fourth-order valence-corrected chi connectivity index (χ4v) is 2.52. The van der Waals surface area contributed by atoms with Crippen molar-refractivity contribution in [1.29, 1.82) is 0 Å². The average Bonchev–Trinajstić information content (AvgIpc) is 2.38. The summed E-state index contributed by atoms with van der Waals surface area (Å²) in [7, 11) is 0. The van der Waals surface area contributed by atoms with Crippen molar-refractivity contribution in [3.63, 3.8) is 0 Å².